The highest BCUT2D eigenvalue weighted by atomic mass is 19.1. The van der Waals surface area contributed by atoms with Crippen molar-refractivity contribution in [1.82, 2.24) is 10.3 Å². The summed E-state index contributed by atoms with van der Waals surface area (Å²) >= 11 is 0. The number of aromatic nitrogens is 1. The van der Waals surface area contributed by atoms with Gasteiger partial charge < -0.3 is 5.32 Å². The molecule has 1 aliphatic heterocycles. The Bertz CT molecular complexity index is 521. The van der Waals surface area contributed by atoms with Gasteiger partial charge in [0.2, 0.25) is 0 Å². The molecule has 0 radical (unpaired) electrons. The molecule has 0 unspecified atom stereocenters. The van der Waals surface area contributed by atoms with Gasteiger partial charge in [0, 0.05) is 25.5 Å². The van der Waals surface area contributed by atoms with Gasteiger partial charge >= 0.3 is 0 Å². The summed E-state index contributed by atoms with van der Waals surface area (Å²) in [4.78, 5) is 3.99. The Hall–Kier alpha value is -1.74. The van der Waals surface area contributed by atoms with Crippen LogP contribution in [0.25, 0.3) is 11.1 Å². The molecule has 2 nitrogen and oxygen atoms in total. The van der Waals surface area contributed by atoms with Crippen molar-refractivity contribution in [1.29, 1.82) is 0 Å². The molecule has 0 spiro atoms. The Morgan fingerprint density at radius 3 is 2.47 bits per heavy atom. The first kappa shape index (κ1) is 10.4. The number of rotatable bonds is 2. The first-order valence-electron chi connectivity index (χ1n) is 5.68. The zero-order valence-electron chi connectivity index (χ0n) is 9.36. The number of hydrogen-bond acceptors (Lipinski definition) is 2. The highest BCUT2D eigenvalue weighted by molar-refractivity contribution is 5.64. The number of nitrogens with zero attached hydrogens (tertiary/aromatic N) is 1. The van der Waals surface area contributed by atoms with Gasteiger partial charge in [0.15, 0.2) is 5.67 Å². The van der Waals surface area contributed by atoms with E-state index < -0.39 is 5.67 Å². The van der Waals surface area contributed by atoms with E-state index in [1.807, 2.05) is 36.4 Å². The van der Waals surface area contributed by atoms with Gasteiger partial charge in [-0.15, -0.1) is 0 Å². The van der Waals surface area contributed by atoms with Crippen LogP contribution in [0.4, 0.5) is 4.39 Å². The van der Waals surface area contributed by atoms with Crippen LogP contribution in [0.3, 0.4) is 0 Å². The van der Waals surface area contributed by atoms with Crippen LogP contribution >= 0.6 is 0 Å². The third kappa shape index (κ3) is 1.83. The molecule has 1 aliphatic rings. The lowest BCUT2D eigenvalue weighted by molar-refractivity contribution is 0.0892. The maximum Gasteiger partial charge on any atom is 0.160 e. The van der Waals surface area contributed by atoms with Gasteiger partial charge in [-0.1, -0.05) is 18.2 Å². The molecule has 1 saturated heterocycles. The van der Waals surface area contributed by atoms with Crippen LogP contribution in [0, 0.1) is 0 Å². The van der Waals surface area contributed by atoms with Crippen LogP contribution in [0.2, 0.25) is 0 Å². The summed E-state index contributed by atoms with van der Waals surface area (Å²) in [6.07, 6.45) is 3.50. The minimum absolute atomic E-state index is 0.410. The molecule has 86 valence electrons. The molecule has 0 amide bonds. The third-order valence-corrected chi connectivity index (χ3v) is 3.20. The average molecular weight is 228 g/mol. The molecule has 1 fully saturated rings. The minimum atomic E-state index is -1.19. The van der Waals surface area contributed by atoms with E-state index in [0.29, 0.717) is 13.1 Å². The topological polar surface area (TPSA) is 24.9 Å². The van der Waals surface area contributed by atoms with Gasteiger partial charge in [0.05, 0.1) is 0 Å². The number of nitrogens with one attached hydrogen (secondary N) is 1. The molecular weight excluding hydrogens is 215 g/mol. The van der Waals surface area contributed by atoms with Crippen molar-refractivity contribution in [3.05, 3.63) is 54.4 Å². The highest BCUT2D eigenvalue weighted by Crippen LogP contribution is 2.32. The summed E-state index contributed by atoms with van der Waals surface area (Å²) in [5, 5.41) is 2.97. The number of hydrogen-bond donors (Lipinski definition) is 1. The quantitative estimate of drug-likeness (QED) is 0.854. The number of halogens is 1. The van der Waals surface area contributed by atoms with Crippen molar-refractivity contribution in [3.63, 3.8) is 0 Å². The summed E-state index contributed by atoms with van der Waals surface area (Å²) in [5.74, 6) is 0. The van der Waals surface area contributed by atoms with Gasteiger partial charge in [-0.2, -0.15) is 0 Å². The fourth-order valence-electron chi connectivity index (χ4n) is 2.07. The molecule has 0 atom stereocenters. The maximum atomic E-state index is 14.3. The van der Waals surface area contributed by atoms with Crippen molar-refractivity contribution >= 4 is 0 Å². The summed E-state index contributed by atoms with van der Waals surface area (Å²) in [5.41, 5.74) is 1.67. The molecule has 2 aromatic rings. The predicted molar refractivity (Wildman–Crippen MR) is 65.3 cm³/mol. The fourth-order valence-corrected chi connectivity index (χ4v) is 2.07. The Morgan fingerprint density at radius 1 is 1.06 bits per heavy atom. The highest BCUT2D eigenvalue weighted by Gasteiger charge is 2.38. The van der Waals surface area contributed by atoms with Crippen LogP contribution in [0.15, 0.2) is 48.8 Å². The van der Waals surface area contributed by atoms with Crippen LogP contribution in [-0.4, -0.2) is 18.1 Å². The van der Waals surface area contributed by atoms with Crippen LogP contribution in [0.5, 0.6) is 0 Å². The lowest BCUT2D eigenvalue weighted by atomic mass is 9.88. The van der Waals surface area contributed by atoms with Gasteiger partial charge in [-0.3, -0.25) is 4.98 Å². The zero-order valence-corrected chi connectivity index (χ0v) is 9.36. The Labute approximate surface area is 99.5 Å². The van der Waals surface area contributed by atoms with Crippen molar-refractivity contribution in [2.75, 3.05) is 13.1 Å². The van der Waals surface area contributed by atoms with E-state index in [4.69, 9.17) is 0 Å². The van der Waals surface area contributed by atoms with E-state index in [1.54, 1.807) is 12.4 Å². The Kier molecular flexibility index (Phi) is 2.41. The van der Waals surface area contributed by atoms with E-state index in [2.05, 4.69) is 10.3 Å². The molecular formula is C14H13FN2. The Morgan fingerprint density at radius 2 is 1.82 bits per heavy atom. The van der Waals surface area contributed by atoms with Crippen molar-refractivity contribution in [2.45, 2.75) is 5.67 Å². The molecule has 1 aromatic carbocycles. The number of alkyl halides is 1. The smallest absolute Gasteiger partial charge is 0.160 e. The first-order chi connectivity index (χ1) is 8.28. The largest absolute Gasteiger partial charge is 0.310 e. The second-order valence-corrected chi connectivity index (χ2v) is 4.39. The molecule has 0 bridgehead atoms. The summed E-state index contributed by atoms with van der Waals surface area (Å²) in [6.45, 7) is 0.819. The third-order valence-electron chi connectivity index (χ3n) is 3.20. The second-order valence-electron chi connectivity index (χ2n) is 4.39. The SMILES string of the molecule is FC1(c2cccc(-c3ccncc3)c2)CNC1. The van der Waals surface area contributed by atoms with Gasteiger partial charge in [-0.25, -0.2) is 4.39 Å². The lowest BCUT2D eigenvalue weighted by Gasteiger charge is -2.35. The average Bonchev–Trinajstić information content (AvgIpc) is 2.37. The van der Waals surface area contributed by atoms with Crippen LogP contribution in [-0.2, 0) is 5.67 Å². The summed E-state index contributed by atoms with van der Waals surface area (Å²) in [7, 11) is 0. The molecule has 17 heavy (non-hydrogen) atoms. The lowest BCUT2D eigenvalue weighted by Crippen LogP contribution is -2.53. The van der Waals surface area contributed by atoms with Crippen molar-refractivity contribution in [2.24, 2.45) is 0 Å². The zero-order chi connectivity index (χ0) is 11.7. The molecule has 2 heterocycles. The van der Waals surface area contributed by atoms with E-state index in [1.165, 1.54) is 0 Å². The monoisotopic (exact) mass is 228 g/mol. The maximum absolute atomic E-state index is 14.3. The fraction of sp³-hybridized carbons (Fsp3) is 0.214. The normalized spacial score (nSPS) is 17.5. The summed E-state index contributed by atoms with van der Waals surface area (Å²) in [6, 6.07) is 11.5. The molecule has 3 heteroatoms. The van der Waals surface area contributed by atoms with E-state index in [9.17, 15) is 4.39 Å². The summed E-state index contributed by atoms with van der Waals surface area (Å²) < 4.78 is 14.3. The van der Waals surface area contributed by atoms with Gasteiger partial charge in [-0.05, 0) is 34.9 Å². The molecule has 1 N–H and O–H groups in total. The number of benzene rings is 1. The van der Waals surface area contributed by atoms with Crippen LogP contribution < -0.4 is 5.32 Å². The minimum Gasteiger partial charge on any atom is -0.310 e. The van der Waals surface area contributed by atoms with E-state index >= 15 is 0 Å². The van der Waals surface area contributed by atoms with E-state index in [0.717, 1.165) is 16.7 Å². The van der Waals surface area contributed by atoms with Gasteiger partial charge in [0.1, 0.15) is 0 Å². The van der Waals surface area contributed by atoms with Crippen LogP contribution in [0.1, 0.15) is 5.56 Å². The Balaban J connectivity index is 2.00. The molecule has 0 aliphatic carbocycles. The van der Waals surface area contributed by atoms with Gasteiger partial charge in [0.25, 0.3) is 0 Å². The number of pyridine rings is 1. The molecule has 0 saturated carbocycles. The van der Waals surface area contributed by atoms with E-state index in [-0.39, 0.29) is 0 Å². The molecule has 3 rings (SSSR count). The first-order valence-corrected chi connectivity index (χ1v) is 5.68. The second kappa shape index (κ2) is 3.93. The van der Waals surface area contributed by atoms with Crippen molar-refractivity contribution in [3.8, 4) is 11.1 Å². The van der Waals surface area contributed by atoms with Crippen molar-refractivity contribution < 1.29 is 4.39 Å². The molecule has 1 aromatic heterocycles. The predicted octanol–water partition coefficient (Wildman–Crippen LogP) is 2.52. The standard InChI is InChI=1S/C14H13FN2/c15-14(9-17-10-14)13-3-1-2-12(8-13)11-4-6-16-7-5-11/h1-8,17H,9-10H2.